The van der Waals surface area contributed by atoms with Crippen LogP contribution in [0.15, 0.2) is 24.5 Å². The fourth-order valence-electron chi connectivity index (χ4n) is 2.73. The molecule has 0 atom stereocenters. The van der Waals surface area contributed by atoms with E-state index >= 15 is 0 Å². The highest BCUT2D eigenvalue weighted by atomic mass is 32.2. The Hall–Kier alpha value is -1.43. The lowest BCUT2D eigenvalue weighted by atomic mass is 9.90. The molecule has 0 saturated carbocycles. The Kier molecular flexibility index (Phi) is 4.90. The van der Waals surface area contributed by atoms with Crippen molar-refractivity contribution < 1.29 is 13.2 Å². The summed E-state index contributed by atoms with van der Waals surface area (Å²) >= 11 is 0. The van der Waals surface area contributed by atoms with E-state index in [1.165, 1.54) is 19.4 Å². The molecule has 0 spiro atoms. The minimum absolute atomic E-state index is 0.283. The molecular weight excluding hydrogens is 300 g/mol. The summed E-state index contributed by atoms with van der Waals surface area (Å²) in [6, 6.07) is 4.00. The Bertz CT molecular complexity index is 618. The van der Waals surface area contributed by atoms with E-state index in [-0.39, 0.29) is 5.91 Å². The van der Waals surface area contributed by atoms with Gasteiger partial charge in [-0.3, -0.25) is 9.78 Å². The number of aromatic nitrogens is 1. The smallest absolute Gasteiger partial charge is 0.243 e. The zero-order chi connectivity index (χ0) is 16.4. The maximum absolute atomic E-state index is 12.5. The highest BCUT2D eigenvalue weighted by molar-refractivity contribution is 7.92. The van der Waals surface area contributed by atoms with Crippen molar-refractivity contribution in [1.29, 1.82) is 0 Å². The molecule has 0 N–H and O–H groups in total. The molecule has 2 heterocycles. The lowest BCUT2D eigenvalue weighted by molar-refractivity contribution is -0.134. The number of piperidine rings is 1. The molecule has 122 valence electrons. The molecule has 1 aliphatic heterocycles. The third-order valence-electron chi connectivity index (χ3n) is 4.59. The highest BCUT2D eigenvalue weighted by Gasteiger charge is 2.42. The van der Waals surface area contributed by atoms with Crippen LogP contribution in [-0.2, 0) is 21.1 Å². The van der Waals surface area contributed by atoms with E-state index in [1.807, 2.05) is 12.3 Å². The molecule has 0 radical (unpaired) electrons. The van der Waals surface area contributed by atoms with Gasteiger partial charge in [-0.25, -0.2) is 8.42 Å². The van der Waals surface area contributed by atoms with E-state index in [0.717, 1.165) is 25.5 Å². The third-order valence-corrected chi connectivity index (χ3v) is 6.62. The van der Waals surface area contributed by atoms with Gasteiger partial charge in [0.05, 0.1) is 0 Å². The molecule has 0 aliphatic carbocycles. The Labute approximate surface area is 132 Å². The molecule has 1 aromatic heterocycles. The second-order valence-electron chi connectivity index (χ2n) is 6.58. The van der Waals surface area contributed by atoms with Crippen molar-refractivity contribution in [3.8, 4) is 0 Å². The Morgan fingerprint density at radius 1 is 1.36 bits per heavy atom. The predicted octanol–water partition coefficient (Wildman–Crippen LogP) is 1.69. The van der Waals surface area contributed by atoms with E-state index < -0.39 is 14.6 Å². The average molecular weight is 324 g/mol. The quantitative estimate of drug-likeness (QED) is 0.845. The number of hydrogen-bond acceptors (Lipinski definition) is 4. The van der Waals surface area contributed by atoms with Crippen LogP contribution in [0.5, 0.6) is 0 Å². The Morgan fingerprint density at radius 2 is 2.00 bits per heavy atom. The first-order chi connectivity index (χ1) is 10.2. The first-order valence-electron chi connectivity index (χ1n) is 7.59. The topological polar surface area (TPSA) is 67.3 Å². The lowest BCUT2D eigenvalue weighted by Gasteiger charge is -2.36. The summed E-state index contributed by atoms with van der Waals surface area (Å²) in [7, 11) is -3.41. The van der Waals surface area contributed by atoms with Gasteiger partial charge in [-0.05, 0) is 50.7 Å². The molecule has 22 heavy (non-hydrogen) atoms. The van der Waals surface area contributed by atoms with Crippen molar-refractivity contribution in [2.45, 2.75) is 37.9 Å². The van der Waals surface area contributed by atoms with Crippen LogP contribution in [0.1, 0.15) is 32.3 Å². The van der Waals surface area contributed by atoms with Crippen LogP contribution in [0.25, 0.3) is 0 Å². The zero-order valence-electron chi connectivity index (χ0n) is 13.4. The number of hydrogen-bond donors (Lipinski definition) is 0. The lowest BCUT2D eigenvalue weighted by Crippen LogP contribution is -2.52. The summed E-state index contributed by atoms with van der Waals surface area (Å²) in [5, 5.41) is 0. The molecule has 1 fully saturated rings. The predicted molar refractivity (Wildman–Crippen MR) is 86.2 cm³/mol. The van der Waals surface area contributed by atoms with Crippen LogP contribution in [0.2, 0.25) is 0 Å². The normalized spacial score (nSPS) is 17.5. The Balaban J connectivity index is 1.94. The fourth-order valence-corrected chi connectivity index (χ4v) is 3.18. The van der Waals surface area contributed by atoms with Gasteiger partial charge in [0, 0.05) is 31.7 Å². The second-order valence-corrected chi connectivity index (χ2v) is 9.15. The van der Waals surface area contributed by atoms with E-state index in [9.17, 15) is 13.2 Å². The fraction of sp³-hybridized carbons (Fsp3) is 0.625. The molecule has 1 aliphatic rings. The van der Waals surface area contributed by atoms with Gasteiger partial charge in [0.15, 0.2) is 9.84 Å². The molecule has 6 heteroatoms. The van der Waals surface area contributed by atoms with Gasteiger partial charge in [-0.2, -0.15) is 0 Å². The number of carbonyl (C=O) groups excluding carboxylic acids is 1. The molecule has 5 nitrogen and oxygen atoms in total. The van der Waals surface area contributed by atoms with Crippen LogP contribution >= 0.6 is 0 Å². The summed E-state index contributed by atoms with van der Waals surface area (Å²) in [6.45, 7) is 4.24. The number of carbonyl (C=O) groups is 1. The number of likely N-dealkylation sites (tertiary alicyclic amines) is 1. The number of sulfone groups is 1. The van der Waals surface area contributed by atoms with Gasteiger partial charge >= 0.3 is 0 Å². The van der Waals surface area contributed by atoms with Gasteiger partial charge in [-0.15, -0.1) is 0 Å². The number of rotatable bonds is 4. The summed E-state index contributed by atoms with van der Waals surface area (Å²) in [5.41, 5.74) is 1.21. The van der Waals surface area contributed by atoms with Gasteiger partial charge < -0.3 is 4.90 Å². The summed E-state index contributed by atoms with van der Waals surface area (Å²) < 4.78 is 22.2. The van der Waals surface area contributed by atoms with Gasteiger partial charge in [-0.1, -0.05) is 6.07 Å². The molecule has 0 aromatic carbocycles. The number of amides is 1. The molecule has 1 amide bonds. The van der Waals surface area contributed by atoms with Crippen LogP contribution < -0.4 is 0 Å². The summed E-state index contributed by atoms with van der Waals surface area (Å²) in [5.74, 6) is 0.240. The van der Waals surface area contributed by atoms with Crippen LogP contribution in [0, 0.1) is 5.92 Å². The molecule has 1 saturated heterocycles. The van der Waals surface area contributed by atoms with Gasteiger partial charge in [0.25, 0.3) is 0 Å². The first-order valence-corrected chi connectivity index (χ1v) is 9.49. The third kappa shape index (κ3) is 3.66. The molecule has 2 rings (SSSR count). The van der Waals surface area contributed by atoms with Crippen LogP contribution in [-0.4, -0.2) is 48.3 Å². The van der Waals surface area contributed by atoms with Crippen molar-refractivity contribution in [2.24, 2.45) is 5.92 Å². The van der Waals surface area contributed by atoms with Crippen LogP contribution in [0.3, 0.4) is 0 Å². The summed E-state index contributed by atoms with van der Waals surface area (Å²) in [6.07, 6.45) is 7.54. The number of pyridine rings is 1. The zero-order valence-corrected chi connectivity index (χ0v) is 14.3. The second kappa shape index (κ2) is 6.36. The van der Waals surface area contributed by atoms with E-state index in [4.69, 9.17) is 0 Å². The maximum atomic E-state index is 12.5. The molecule has 0 unspecified atom stereocenters. The van der Waals surface area contributed by atoms with Crippen molar-refractivity contribution in [3.63, 3.8) is 0 Å². The highest BCUT2D eigenvalue weighted by Crippen LogP contribution is 2.25. The minimum Gasteiger partial charge on any atom is -0.341 e. The minimum atomic E-state index is -3.41. The van der Waals surface area contributed by atoms with Crippen molar-refractivity contribution in [2.75, 3.05) is 19.3 Å². The number of nitrogens with zero attached hydrogens (tertiary/aromatic N) is 2. The summed E-state index contributed by atoms with van der Waals surface area (Å²) in [4.78, 5) is 18.3. The molecular formula is C16H24N2O3S. The van der Waals surface area contributed by atoms with Crippen LogP contribution in [0.4, 0.5) is 0 Å². The first kappa shape index (κ1) is 16.9. The van der Waals surface area contributed by atoms with Crippen molar-refractivity contribution in [3.05, 3.63) is 30.1 Å². The molecule has 1 aromatic rings. The molecule has 0 bridgehead atoms. The van der Waals surface area contributed by atoms with E-state index in [0.29, 0.717) is 19.0 Å². The average Bonchev–Trinajstić information content (AvgIpc) is 2.47. The van der Waals surface area contributed by atoms with Crippen molar-refractivity contribution >= 4 is 15.7 Å². The van der Waals surface area contributed by atoms with Crippen molar-refractivity contribution in [1.82, 2.24) is 9.88 Å². The monoisotopic (exact) mass is 324 g/mol. The van der Waals surface area contributed by atoms with E-state index in [2.05, 4.69) is 11.1 Å². The van der Waals surface area contributed by atoms with Gasteiger partial charge in [0.2, 0.25) is 5.91 Å². The SMILES string of the molecule is CC(C)(C(=O)N1CCC(Cc2cccnc2)CC1)S(C)(=O)=O. The standard InChI is InChI=1S/C16H24N2O3S/c1-16(2,22(3,20)21)15(19)18-9-6-13(7-10-18)11-14-5-4-8-17-12-14/h4-5,8,12-13H,6-7,9-11H2,1-3H3. The van der Waals surface area contributed by atoms with Gasteiger partial charge in [0.1, 0.15) is 4.75 Å². The largest absolute Gasteiger partial charge is 0.341 e. The maximum Gasteiger partial charge on any atom is 0.243 e. The van der Waals surface area contributed by atoms with E-state index in [1.54, 1.807) is 11.1 Å². The Morgan fingerprint density at radius 3 is 2.50 bits per heavy atom.